The Balaban J connectivity index is 1.58. The smallest absolute Gasteiger partial charge is 0.417 e. The van der Waals surface area contributed by atoms with Gasteiger partial charge in [0.2, 0.25) is 0 Å². The first-order valence-corrected chi connectivity index (χ1v) is 11.0. The summed E-state index contributed by atoms with van der Waals surface area (Å²) in [6.45, 7) is 6.25. The lowest BCUT2D eigenvalue weighted by Crippen LogP contribution is -2.43. The van der Waals surface area contributed by atoms with Crippen LogP contribution in [0.1, 0.15) is 30.9 Å². The molecule has 0 unspecified atom stereocenters. The fourth-order valence-corrected chi connectivity index (χ4v) is 3.81. The van der Waals surface area contributed by atoms with Crippen molar-refractivity contribution in [3.63, 3.8) is 0 Å². The van der Waals surface area contributed by atoms with Crippen molar-refractivity contribution < 1.29 is 23.8 Å². The first kappa shape index (κ1) is 23.7. The monoisotopic (exact) mass is 437 g/mol. The molecule has 1 fully saturated rings. The van der Waals surface area contributed by atoms with Gasteiger partial charge in [0.05, 0.1) is 24.9 Å². The average molecular weight is 438 g/mol. The number of hydrogen-bond acceptors (Lipinski definition) is 5. The first-order valence-electron chi connectivity index (χ1n) is 11.0. The number of imide groups is 1. The van der Waals surface area contributed by atoms with Crippen molar-refractivity contribution in [2.24, 2.45) is 0 Å². The zero-order chi connectivity index (χ0) is 22.8. The summed E-state index contributed by atoms with van der Waals surface area (Å²) in [5.74, 6) is -0.402. The molecule has 1 aliphatic heterocycles. The molecule has 0 aromatic heterocycles. The topological polar surface area (TPSA) is 65.1 Å². The minimum atomic E-state index is -0.618. The minimum Gasteiger partial charge on any atom is -0.447 e. The van der Waals surface area contributed by atoms with Crippen molar-refractivity contribution >= 4 is 12.0 Å². The van der Waals surface area contributed by atoms with Crippen LogP contribution in [0.25, 0.3) is 0 Å². The second-order valence-electron chi connectivity index (χ2n) is 7.80. The summed E-state index contributed by atoms with van der Waals surface area (Å²) in [5.41, 5.74) is 2.11. The zero-order valence-corrected chi connectivity index (χ0v) is 18.5. The molecule has 0 N–H and O–H groups in total. The maximum Gasteiger partial charge on any atom is 0.417 e. The number of nitrogens with zero attached hydrogens (tertiary/aromatic N) is 1. The first-order chi connectivity index (χ1) is 15.6. The highest BCUT2D eigenvalue weighted by Crippen LogP contribution is 2.19. The van der Waals surface area contributed by atoms with E-state index >= 15 is 0 Å². The lowest BCUT2D eigenvalue weighted by Gasteiger charge is -2.27. The molecule has 2 aromatic carbocycles. The maximum atomic E-state index is 12.9. The van der Waals surface area contributed by atoms with Gasteiger partial charge in [-0.15, -0.1) is 6.58 Å². The summed E-state index contributed by atoms with van der Waals surface area (Å²) < 4.78 is 17.2. The molecule has 0 spiro atoms. The van der Waals surface area contributed by atoms with Gasteiger partial charge in [-0.05, 0) is 30.4 Å². The normalized spacial score (nSPS) is 17.6. The second kappa shape index (κ2) is 12.2. The Kier molecular flexibility index (Phi) is 9.01. The summed E-state index contributed by atoms with van der Waals surface area (Å²) >= 11 is 0. The molecule has 6 heteroatoms. The molecule has 3 rings (SSSR count). The third-order valence-corrected chi connectivity index (χ3v) is 5.49. The van der Waals surface area contributed by atoms with E-state index in [9.17, 15) is 9.59 Å². The standard InChI is InChI=1S/C26H31NO5/c1-3-11-24(23(4-2)30-17-21-14-9-6-10-15-21)31-19-25(28)27-22(18-32-26(27)29)16-20-12-7-5-8-13-20/h3,5-10,12-15,22-24H,1,4,11,16-19H2,2H3/t22-,23+,24+/m0/s1. The summed E-state index contributed by atoms with van der Waals surface area (Å²) in [6.07, 6.45) is 2.41. The Bertz CT molecular complexity index is 870. The average Bonchev–Trinajstić information content (AvgIpc) is 3.18. The predicted molar refractivity (Wildman–Crippen MR) is 122 cm³/mol. The second-order valence-corrected chi connectivity index (χ2v) is 7.80. The van der Waals surface area contributed by atoms with E-state index in [0.717, 1.165) is 17.5 Å². The number of cyclic esters (lactones) is 1. The number of rotatable bonds is 12. The largest absolute Gasteiger partial charge is 0.447 e. The lowest BCUT2D eigenvalue weighted by atomic mass is 10.1. The van der Waals surface area contributed by atoms with Crippen LogP contribution in [0.4, 0.5) is 4.79 Å². The van der Waals surface area contributed by atoms with E-state index in [4.69, 9.17) is 14.2 Å². The molecule has 0 radical (unpaired) electrons. The summed E-state index contributed by atoms with van der Waals surface area (Å²) in [5, 5.41) is 0. The van der Waals surface area contributed by atoms with Crippen LogP contribution in [0.15, 0.2) is 73.3 Å². The van der Waals surface area contributed by atoms with Gasteiger partial charge < -0.3 is 14.2 Å². The van der Waals surface area contributed by atoms with Gasteiger partial charge in [-0.2, -0.15) is 0 Å². The number of benzene rings is 2. The van der Waals surface area contributed by atoms with Crippen molar-refractivity contribution in [2.75, 3.05) is 13.2 Å². The molecule has 2 aromatic rings. The Labute approximate surface area is 189 Å². The molecule has 0 aliphatic carbocycles. The SMILES string of the molecule is C=CC[C@@H](OCC(=O)N1C(=O)OC[C@@H]1Cc1ccccc1)[C@@H](CC)OCc1ccccc1. The minimum absolute atomic E-state index is 0.188. The number of carbonyl (C=O) groups excluding carboxylic acids is 2. The molecule has 6 nitrogen and oxygen atoms in total. The van der Waals surface area contributed by atoms with Gasteiger partial charge in [-0.25, -0.2) is 9.69 Å². The zero-order valence-electron chi connectivity index (χ0n) is 18.5. The van der Waals surface area contributed by atoms with Crippen LogP contribution in [0.3, 0.4) is 0 Å². The van der Waals surface area contributed by atoms with Crippen LogP contribution in [0, 0.1) is 0 Å². The van der Waals surface area contributed by atoms with Crippen LogP contribution in [-0.4, -0.2) is 48.4 Å². The fraction of sp³-hybridized carbons (Fsp3) is 0.385. The summed E-state index contributed by atoms with van der Waals surface area (Å²) in [4.78, 5) is 26.3. The van der Waals surface area contributed by atoms with Gasteiger partial charge in [-0.1, -0.05) is 73.7 Å². The van der Waals surface area contributed by atoms with Crippen LogP contribution < -0.4 is 0 Å². The number of carbonyl (C=O) groups is 2. The molecule has 170 valence electrons. The van der Waals surface area contributed by atoms with E-state index in [1.165, 1.54) is 4.90 Å². The van der Waals surface area contributed by atoms with Crippen LogP contribution in [-0.2, 0) is 32.0 Å². The highest BCUT2D eigenvalue weighted by molar-refractivity contribution is 5.94. The third kappa shape index (κ3) is 6.52. The van der Waals surface area contributed by atoms with Crippen molar-refractivity contribution in [1.29, 1.82) is 0 Å². The van der Waals surface area contributed by atoms with E-state index in [0.29, 0.717) is 19.4 Å². The number of ether oxygens (including phenoxy) is 3. The van der Waals surface area contributed by atoms with Gasteiger partial charge in [-0.3, -0.25) is 4.79 Å². The van der Waals surface area contributed by atoms with Crippen LogP contribution in [0.5, 0.6) is 0 Å². The van der Waals surface area contributed by atoms with Crippen molar-refractivity contribution in [1.82, 2.24) is 4.90 Å². The third-order valence-electron chi connectivity index (χ3n) is 5.49. The van der Waals surface area contributed by atoms with Crippen LogP contribution in [0.2, 0.25) is 0 Å². The van der Waals surface area contributed by atoms with Crippen LogP contribution >= 0.6 is 0 Å². The van der Waals surface area contributed by atoms with Gasteiger partial charge in [0.25, 0.3) is 5.91 Å². The van der Waals surface area contributed by atoms with E-state index in [1.54, 1.807) is 6.08 Å². The molecule has 0 bridgehead atoms. The molecule has 32 heavy (non-hydrogen) atoms. The number of amides is 2. The maximum absolute atomic E-state index is 12.9. The van der Waals surface area contributed by atoms with E-state index in [2.05, 4.69) is 6.58 Å². The Morgan fingerprint density at radius 1 is 1.09 bits per heavy atom. The molecular weight excluding hydrogens is 406 g/mol. The fourth-order valence-electron chi connectivity index (χ4n) is 3.81. The quantitative estimate of drug-likeness (QED) is 0.457. The van der Waals surface area contributed by atoms with Crippen molar-refractivity contribution in [3.8, 4) is 0 Å². The van der Waals surface area contributed by atoms with Gasteiger partial charge in [0, 0.05) is 0 Å². The van der Waals surface area contributed by atoms with Crippen molar-refractivity contribution in [3.05, 3.63) is 84.4 Å². The molecule has 1 aliphatic rings. The van der Waals surface area contributed by atoms with Gasteiger partial charge >= 0.3 is 6.09 Å². The van der Waals surface area contributed by atoms with E-state index < -0.39 is 12.0 Å². The van der Waals surface area contributed by atoms with E-state index in [-0.39, 0.29) is 31.5 Å². The Morgan fingerprint density at radius 2 is 1.75 bits per heavy atom. The predicted octanol–water partition coefficient (Wildman–Crippen LogP) is 4.53. The number of hydrogen-bond donors (Lipinski definition) is 0. The molecule has 0 saturated carbocycles. The highest BCUT2D eigenvalue weighted by atomic mass is 16.6. The van der Waals surface area contributed by atoms with Crippen molar-refractivity contribution in [2.45, 2.75) is 51.0 Å². The Morgan fingerprint density at radius 3 is 2.38 bits per heavy atom. The highest BCUT2D eigenvalue weighted by Gasteiger charge is 2.38. The summed E-state index contributed by atoms with van der Waals surface area (Å²) in [7, 11) is 0. The molecule has 3 atom stereocenters. The molecular formula is C26H31NO5. The molecule has 1 saturated heterocycles. The molecule has 1 heterocycles. The van der Waals surface area contributed by atoms with E-state index in [1.807, 2.05) is 67.6 Å². The summed E-state index contributed by atoms with van der Waals surface area (Å²) in [6, 6.07) is 19.3. The van der Waals surface area contributed by atoms with Gasteiger partial charge in [0.1, 0.15) is 13.2 Å². The molecule has 2 amide bonds. The lowest BCUT2D eigenvalue weighted by molar-refractivity contribution is -0.141. The van der Waals surface area contributed by atoms with Gasteiger partial charge in [0.15, 0.2) is 0 Å². The Hall–Kier alpha value is -2.96.